The molecular weight excluding hydrogens is 899 g/mol. The molecule has 6 heteroatoms. The Bertz CT molecular complexity index is 1100. The molecule has 2 unspecified atom stereocenters. The highest BCUT2D eigenvalue weighted by Crippen LogP contribution is 2.19. The molecule has 0 heterocycles. The van der Waals surface area contributed by atoms with Crippen molar-refractivity contribution in [2.45, 2.75) is 392 Å². The third-order valence-corrected chi connectivity index (χ3v) is 15.8. The van der Waals surface area contributed by atoms with Gasteiger partial charge in [-0.15, -0.1) is 0 Å². The van der Waals surface area contributed by atoms with Gasteiger partial charge in [0, 0.05) is 12.8 Å². The lowest BCUT2D eigenvalue weighted by atomic mass is 10.0. The molecule has 6 nitrogen and oxygen atoms in total. The van der Waals surface area contributed by atoms with Crippen LogP contribution in [0.15, 0.2) is 12.2 Å². The summed E-state index contributed by atoms with van der Waals surface area (Å²) in [5, 5.41) is 23.2. The van der Waals surface area contributed by atoms with E-state index in [0.29, 0.717) is 19.4 Å². The van der Waals surface area contributed by atoms with Crippen molar-refractivity contribution in [1.82, 2.24) is 5.32 Å². The fourth-order valence-corrected chi connectivity index (χ4v) is 10.7. The molecule has 0 bridgehead atoms. The van der Waals surface area contributed by atoms with Crippen LogP contribution in [0.1, 0.15) is 380 Å². The highest BCUT2D eigenvalue weighted by Gasteiger charge is 2.18. The van der Waals surface area contributed by atoms with Gasteiger partial charge in [0.25, 0.3) is 0 Å². The number of carbonyl (C=O) groups is 2. The van der Waals surface area contributed by atoms with Gasteiger partial charge >= 0.3 is 5.97 Å². The smallest absolute Gasteiger partial charge is 0.305 e. The van der Waals surface area contributed by atoms with Gasteiger partial charge in [-0.05, 0) is 32.1 Å². The fourth-order valence-electron chi connectivity index (χ4n) is 10.7. The Kier molecular flexibility index (Phi) is 61.9. The zero-order valence-electron chi connectivity index (χ0n) is 49.6. The number of amides is 1. The molecule has 434 valence electrons. The summed E-state index contributed by atoms with van der Waals surface area (Å²) in [7, 11) is 0. The standard InChI is InChI=1S/C67H131NO5/c1-3-5-7-9-11-13-15-17-19-21-29-33-37-41-45-49-53-57-61-67(72)73-62-58-54-50-46-42-38-34-30-27-25-23-22-24-26-28-32-36-40-44-48-52-56-60-66(71)68-64(63-69)65(70)59-55-51-47-43-39-35-31-20-18-16-14-12-10-8-6-4-2/h55,59,64-65,69-70H,3-54,56-58,60-63H2,1-2H3,(H,68,71)/b59-55+. The van der Waals surface area contributed by atoms with E-state index in [1.807, 2.05) is 6.08 Å². The van der Waals surface area contributed by atoms with E-state index in [1.54, 1.807) is 6.08 Å². The van der Waals surface area contributed by atoms with E-state index < -0.39 is 12.1 Å². The third kappa shape index (κ3) is 59.7. The highest BCUT2D eigenvalue weighted by molar-refractivity contribution is 5.76. The molecule has 0 aromatic carbocycles. The van der Waals surface area contributed by atoms with Gasteiger partial charge in [-0.3, -0.25) is 9.59 Å². The van der Waals surface area contributed by atoms with Crippen LogP contribution in [-0.2, 0) is 14.3 Å². The second-order valence-electron chi connectivity index (χ2n) is 23.2. The van der Waals surface area contributed by atoms with Crippen LogP contribution in [-0.4, -0.2) is 47.4 Å². The van der Waals surface area contributed by atoms with Crippen molar-refractivity contribution in [1.29, 1.82) is 0 Å². The van der Waals surface area contributed by atoms with Gasteiger partial charge in [-0.1, -0.05) is 347 Å². The van der Waals surface area contributed by atoms with E-state index in [1.165, 1.54) is 315 Å². The molecule has 73 heavy (non-hydrogen) atoms. The van der Waals surface area contributed by atoms with Crippen LogP contribution >= 0.6 is 0 Å². The van der Waals surface area contributed by atoms with E-state index >= 15 is 0 Å². The summed E-state index contributed by atoms with van der Waals surface area (Å²) in [5.74, 6) is -0.0470. The van der Waals surface area contributed by atoms with Crippen molar-refractivity contribution in [3.63, 3.8) is 0 Å². The summed E-state index contributed by atoms with van der Waals surface area (Å²) in [6, 6.07) is -0.627. The predicted octanol–water partition coefficient (Wildman–Crippen LogP) is 21.2. The number of rotatable bonds is 63. The Balaban J connectivity index is 3.37. The second-order valence-corrected chi connectivity index (χ2v) is 23.2. The summed E-state index contributed by atoms with van der Waals surface area (Å²) in [5.41, 5.74) is 0. The molecule has 0 radical (unpaired) electrons. The maximum Gasteiger partial charge on any atom is 0.305 e. The van der Waals surface area contributed by atoms with Gasteiger partial charge in [0.05, 0.1) is 25.4 Å². The van der Waals surface area contributed by atoms with Gasteiger partial charge < -0.3 is 20.3 Å². The van der Waals surface area contributed by atoms with Crippen LogP contribution in [0.5, 0.6) is 0 Å². The first-order chi connectivity index (χ1) is 36.0. The molecule has 0 saturated heterocycles. The first kappa shape index (κ1) is 71.6. The van der Waals surface area contributed by atoms with Gasteiger partial charge in [0.2, 0.25) is 5.91 Å². The average molecular weight is 1030 g/mol. The van der Waals surface area contributed by atoms with Crippen molar-refractivity contribution in [2.24, 2.45) is 0 Å². The third-order valence-electron chi connectivity index (χ3n) is 15.8. The maximum atomic E-state index is 12.5. The second kappa shape index (κ2) is 63.1. The van der Waals surface area contributed by atoms with Gasteiger partial charge in [0.15, 0.2) is 0 Å². The molecule has 0 saturated carbocycles. The zero-order chi connectivity index (χ0) is 52.9. The van der Waals surface area contributed by atoms with Gasteiger partial charge in [0.1, 0.15) is 0 Å². The normalized spacial score (nSPS) is 12.5. The molecular formula is C67H131NO5. The van der Waals surface area contributed by atoms with Crippen LogP contribution < -0.4 is 5.32 Å². The van der Waals surface area contributed by atoms with E-state index in [0.717, 1.165) is 38.5 Å². The number of aliphatic hydroxyl groups is 2. The molecule has 0 spiro atoms. The molecule has 0 aliphatic carbocycles. The van der Waals surface area contributed by atoms with Crippen LogP contribution in [0, 0.1) is 0 Å². The highest BCUT2D eigenvalue weighted by atomic mass is 16.5. The number of ether oxygens (including phenoxy) is 1. The summed E-state index contributed by atoms with van der Waals surface area (Å²) in [6.07, 6.45) is 77.0. The van der Waals surface area contributed by atoms with Crippen LogP contribution in [0.3, 0.4) is 0 Å². The van der Waals surface area contributed by atoms with Crippen molar-refractivity contribution in [2.75, 3.05) is 13.2 Å². The van der Waals surface area contributed by atoms with E-state index in [9.17, 15) is 19.8 Å². The lowest BCUT2D eigenvalue weighted by molar-refractivity contribution is -0.143. The van der Waals surface area contributed by atoms with Crippen molar-refractivity contribution in [3.8, 4) is 0 Å². The maximum absolute atomic E-state index is 12.5. The Morgan fingerprint density at radius 2 is 0.630 bits per heavy atom. The lowest BCUT2D eigenvalue weighted by Gasteiger charge is -2.20. The van der Waals surface area contributed by atoms with Crippen LogP contribution in [0.2, 0.25) is 0 Å². The minimum atomic E-state index is -0.844. The molecule has 0 aliphatic heterocycles. The number of esters is 1. The molecule has 0 aromatic rings. The van der Waals surface area contributed by atoms with E-state index in [4.69, 9.17) is 4.74 Å². The summed E-state index contributed by atoms with van der Waals surface area (Å²) >= 11 is 0. The average Bonchev–Trinajstić information content (AvgIpc) is 3.39. The van der Waals surface area contributed by atoms with Crippen LogP contribution in [0.4, 0.5) is 0 Å². The van der Waals surface area contributed by atoms with Gasteiger partial charge in [-0.2, -0.15) is 0 Å². The zero-order valence-corrected chi connectivity index (χ0v) is 49.6. The minimum absolute atomic E-state index is 0.0180. The SMILES string of the molecule is CCCCCCCCCCCCCCCC/C=C/C(O)C(CO)NC(=O)CCCCCCCCCCCCCCCCCCCCCCCCOC(=O)CCCCCCCCCCCCCCCCCCCC. The molecule has 3 N–H and O–H groups in total. The lowest BCUT2D eigenvalue weighted by Crippen LogP contribution is -2.45. The quantitative estimate of drug-likeness (QED) is 0.0320. The fraction of sp³-hybridized carbons (Fsp3) is 0.940. The van der Waals surface area contributed by atoms with Gasteiger partial charge in [-0.25, -0.2) is 0 Å². The van der Waals surface area contributed by atoms with Crippen molar-refractivity contribution in [3.05, 3.63) is 12.2 Å². The van der Waals surface area contributed by atoms with E-state index in [-0.39, 0.29) is 18.5 Å². The van der Waals surface area contributed by atoms with Crippen molar-refractivity contribution < 1.29 is 24.5 Å². The molecule has 0 aliphatic rings. The minimum Gasteiger partial charge on any atom is -0.466 e. The molecule has 1 amide bonds. The number of hydrogen-bond donors (Lipinski definition) is 3. The number of hydrogen-bond acceptors (Lipinski definition) is 5. The molecule has 0 fully saturated rings. The first-order valence-electron chi connectivity index (χ1n) is 33.5. The number of unbranched alkanes of at least 4 members (excludes halogenated alkanes) is 52. The van der Waals surface area contributed by atoms with E-state index in [2.05, 4.69) is 19.2 Å². The predicted molar refractivity (Wildman–Crippen MR) is 320 cm³/mol. The summed E-state index contributed by atoms with van der Waals surface area (Å²) in [6.45, 7) is 4.94. The number of nitrogens with one attached hydrogen (secondary N) is 1. The number of aliphatic hydroxyl groups excluding tert-OH is 2. The Labute approximate surface area is 457 Å². The molecule has 0 aromatic heterocycles. The topological polar surface area (TPSA) is 95.9 Å². The number of carbonyl (C=O) groups excluding carboxylic acids is 2. The Hall–Kier alpha value is -1.40. The Morgan fingerprint density at radius 1 is 0.370 bits per heavy atom. The molecule has 2 atom stereocenters. The molecule has 0 rings (SSSR count). The summed E-state index contributed by atoms with van der Waals surface area (Å²) in [4.78, 5) is 24.6. The van der Waals surface area contributed by atoms with Crippen LogP contribution in [0.25, 0.3) is 0 Å². The monoisotopic (exact) mass is 1030 g/mol. The first-order valence-corrected chi connectivity index (χ1v) is 33.5. The van der Waals surface area contributed by atoms with Crippen molar-refractivity contribution >= 4 is 11.9 Å². The largest absolute Gasteiger partial charge is 0.466 e. The Morgan fingerprint density at radius 3 is 0.932 bits per heavy atom. The summed E-state index contributed by atoms with van der Waals surface area (Å²) < 4.78 is 5.51. The number of allylic oxidation sites excluding steroid dienone is 1.